The first kappa shape index (κ1) is 23.3. The van der Waals surface area contributed by atoms with Crippen LogP contribution in [0.5, 0.6) is 5.75 Å². The maximum absolute atomic E-state index is 12.0. The Balaban J connectivity index is 1.44. The van der Waals surface area contributed by atoms with Crippen molar-refractivity contribution in [2.24, 2.45) is 5.10 Å². The maximum Gasteiger partial charge on any atom is 0.250 e. The molecule has 3 aromatic rings. The molecule has 0 atom stereocenters. The Morgan fingerprint density at radius 1 is 1.20 bits per heavy atom. The zero-order valence-electron chi connectivity index (χ0n) is 15.6. The lowest BCUT2D eigenvalue weighted by Gasteiger charge is -2.03. The average Bonchev–Trinajstić information content (AvgIpc) is 3.17. The van der Waals surface area contributed by atoms with Gasteiger partial charge in [-0.1, -0.05) is 80.6 Å². The number of hydrogen-bond acceptors (Lipinski definition) is 8. The summed E-state index contributed by atoms with van der Waals surface area (Å²) in [6, 6.07) is 11.8. The number of hydrogen-bond donors (Lipinski definition) is 2. The van der Waals surface area contributed by atoms with Crippen molar-refractivity contribution >= 4 is 78.8 Å². The van der Waals surface area contributed by atoms with Crippen LogP contribution in [0.1, 0.15) is 16.7 Å². The van der Waals surface area contributed by atoms with Crippen molar-refractivity contribution in [3.8, 4) is 5.75 Å². The van der Waals surface area contributed by atoms with Gasteiger partial charge >= 0.3 is 0 Å². The van der Waals surface area contributed by atoms with E-state index in [2.05, 4.69) is 83.8 Å². The molecule has 1 heterocycles. The summed E-state index contributed by atoms with van der Waals surface area (Å²) >= 11 is 11.0. The van der Waals surface area contributed by atoms with Crippen LogP contribution >= 0.6 is 66.7 Å². The van der Waals surface area contributed by atoms with E-state index < -0.39 is 0 Å². The largest absolute Gasteiger partial charge is 0.506 e. The number of halogens is 2. The molecule has 1 aromatic heterocycles. The number of aryl methyl sites for hydroxylation is 1. The Labute approximate surface area is 203 Å². The van der Waals surface area contributed by atoms with Crippen molar-refractivity contribution in [1.82, 2.24) is 15.6 Å². The van der Waals surface area contributed by atoms with Crippen molar-refractivity contribution in [3.05, 3.63) is 62.0 Å². The molecule has 0 fully saturated rings. The van der Waals surface area contributed by atoms with Gasteiger partial charge in [-0.3, -0.25) is 4.79 Å². The highest BCUT2D eigenvalue weighted by Gasteiger charge is 2.09. The average molecular weight is 588 g/mol. The lowest BCUT2D eigenvalue weighted by Crippen LogP contribution is -2.19. The fourth-order valence-electron chi connectivity index (χ4n) is 2.16. The molecule has 0 aliphatic heterocycles. The third kappa shape index (κ3) is 7.09. The van der Waals surface area contributed by atoms with E-state index >= 15 is 0 Å². The van der Waals surface area contributed by atoms with E-state index in [4.69, 9.17) is 0 Å². The number of aromatic hydroxyl groups is 1. The molecule has 11 heteroatoms. The highest BCUT2D eigenvalue weighted by Crippen LogP contribution is 2.31. The van der Waals surface area contributed by atoms with Gasteiger partial charge in [-0.25, -0.2) is 5.43 Å². The zero-order chi connectivity index (χ0) is 21.5. The fourth-order valence-corrected chi connectivity index (χ4v) is 6.19. The van der Waals surface area contributed by atoms with Crippen LogP contribution in [0.4, 0.5) is 0 Å². The normalized spacial score (nSPS) is 11.2. The molecule has 30 heavy (non-hydrogen) atoms. The maximum atomic E-state index is 12.0. The van der Waals surface area contributed by atoms with Crippen LogP contribution < -0.4 is 5.43 Å². The minimum Gasteiger partial charge on any atom is -0.506 e. The van der Waals surface area contributed by atoms with Crippen molar-refractivity contribution in [1.29, 1.82) is 0 Å². The molecule has 2 N–H and O–H groups in total. The number of nitrogens with one attached hydrogen (secondary N) is 1. The van der Waals surface area contributed by atoms with Crippen LogP contribution in [0, 0.1) is 6.92 Å². The molecule has 3 rings (SSSR count). The van der Waals surface area contributed by atoms with Gasteiger partial charge < -0.3 is 5.11 Å². The van der Waals surface area contributed by atoms with Gasteiger partial charge in [0, 0.05) is 15.8 Å². The number of benzene rings is 2. The van der Waals surface area contributed by atoms with Gasteiger partial charge in [0.2, 0.25) is 0 Å². The number of carbonyl (C=O) groups is 1. The predicted octanol–water partition coefficient (Wildman–Crippen LogP) is 5.61. The summed E-state index contributed by atoms with van der Waals surface area (Å²) in [6.45, 7) is 2.07. The molecule has 156 valence electrons. The number of thioether (sulfide) groups is 2. The number of rotatable bonds is 8. The van der Waals surface area contributed by atoms with E-state index in [-0.39, 0.29) is 17.4 Å². The lowest BCUT2D eigenvalue weighted by atomic mass is 10.2. The topological polar surface area (TPSA) is 87.5 Å². The third-order valence-corrected chi connectivity index (χ3v) is 7.97. The second kappa shape index (κ2) is 11.3. The smallest absolute Gasteiger partial charge is 0.250 e. The molecule has 0 bridgehead atoms. The van der Waals surface area contributed by atoms with E-state index in [0.717, 1.165) is 18.9 Å². The summed E-state index contributed by atoms with van der Waals surface area (Å²) in [5, 5.41) is 22.2. The minimum absolute atomic E-state index is 0.0510. The Kier molecular flexibility index (Phi) is 8.75. The van der Waals surface area contributed by atoms with Crippen molar-refractivity contribution in [2.75, 3.05) is 5.75 Å². The Bertz CT molecular complexity index is 1060. The van der Waals surface area contributed by atoms with Crippen LogP contribution in [0.3, 0.4) is 0 Å². The Morgan fingerprint density at radius 2 is 1.90 bits per heavy atom. The molecule has 0 aliphatic rings. The molecule has 0 saturated heterocycles. The van der Waals surface area contributed by atoms with Crippen molar-refractivity contribution in [2.45, 2.75) is 21.4 Å². The van der Waals surface area contributed by atoms with Crippen LogP contribution in [0.15, 0.2) is 59.1 Å². The molecule has 6 nitrogen and oxygen atoms in total. The van der Waals surface area contributed by atoms with Gasteiger partial charge in [0.05, 0.1) is 16.4 Å². The number of phenolic OH excluding ortho intramolecular Hbond substituents is 1. The molecular weight excluding hydrogens is 572 g/mol. The van der Waals surface area contributed by atoms with Crippen molar-refractivity contribution < 1.29 is 9.90 Å². The van der Waals surface area contributed by atoms with Gasteiger partial charge in [0.1, 0.15) is 5.75 Å². The van der Waals surface area contributed by atoms with Crippen LogP contribution in [0.2, 0.25) is 0 Å². The number of amides is 1. The van der Waals surface area contributed by atoms with Gasteiger partial charge in [-0.15, -0.1) is 10.2 Å². The molecule has 0 aliphatic carbocycles. The summed E-state index contributed by atoms with van der Waals surface area (Å²) in [7, 11) is 0. The minimum atomic E-state index is -0.270. The number of hydrazone groups is 1. The predicted molar refractivity (Wildman–Crippen MR) is 131 cm³/mol. The quantitative estimate of drug-likeness (QED) is 0.202. The van der Waals surface area contributed by atoms with Gasteiger partial charge in [0.25, 0.3) is 5.91 Å². The molecule has 2 aromatic carbocycles. The first-order valence-corrected chi connectivity index (χ1v) is 12.9. The summed E-state index contributed by atoms with van der Waals surface area (Å²) in [4.78, 5) is 12.0. The van der Waals surface area contributed by atoms with Crippen LogP contribution in [-0.2, 0) is 10.5 Å². The van der Waals surface area contributed by atoms with Crippen LogP contribution in [0.25, 0.3) is 0 Å². The summed E-state index contributed by atoms with van der Waals surface area (Å²) in [5.41, 5.74) is 5.39. The standard InChI is InChI=1S/C19H16Br2N4O2S3/c1-11-2-4-12(5-3-11)9-28-18-24-25-19(30-18)29-10-16(26)23-22-8-13-6-14(20)7-15(21)17(13)27/h2-8,27H,9-10H2,1H3,(H,23,26)/b22-8-. The third-order valence-electron chi connectivity index (χ3n) is 3.65. The second-order valence-electron chi connectivity index (χ2n) is 6.02. The molecule has 0 saturated carbocycles. The number of carbonyl (C=O) groups excluding carboxylic acids is 1. The highest BCUT2D eigenvalue weighted by molar-refractivity contribution is 9.11. The Morgan fingerprint density at radius 3 is 2.63 bits per heavy atom. The first-order chi connectivity index (χ1) is 14.4. The van der Waals surface area contributed by atoms with Crippen molar-refractivity contribution in [3.63, 3.8) is 0 Å². The lowest BCUT2D eigenvalue weighted by molar-refractivity contribution is -0.118. The number of phenols is 1. The van der Waals surface area contributed by atoms with E-state index in [1.54, 1.807) is 23.9 Å². The number of nitrogens with zero attached hydrogens (tertiary/aromatic N) is 3. The first-order valence-electron chi connectivity index (χ1n) is 8.55. The summed E-state index contributed by atoms with van der Waals surface area (Å²) in [6.07, 6.45) is 1.39. The fraction of sp³-hybridized carbons (Fsp3) is 0.158. The van der Waals surface area contributed by atoms with E-state index in [1.165, 1.54) is 40.4 Å². The monoisotopic (exact) mass is 586 g/mol. The van der Waals surface area contributed by atoms with E-state index in [1.807, 2.05) is 0 Å². The van der Waals surface area contributed by atoms with Crippen LogP contribution in [-0.4, -0.2) is 33.2 Å². The van der Waals surface area contributed by atoms with Gasteiger partial charge in [-0.2, -0.15) is 5.10 Å². The highest BCUT2D eigenvalue weighted by atomic mass is 79.9. The molecule has 1 amide bonds. The summed E-state index contributed by atoms with van der Waals surface area (Å²) < 4.78 is 2.91. The van der Waals surface area contributed by atoms with E-state index in [0.29, 0.717) is 10.0 Å². The zero-order valence-corrected chi connectivity index (χ0v) is 21.3. The van der Waals surface area contributed by atoms with Gasteiger partial charge in [-0.05, 0) is 40.5 Å². The molecule has 0 spiro atoms. The SMILES string of the molecule is Cc1ccc(CSc2nnc(SCC(=O)N/N=C\c3cc(Br)cc(Br)c3O)s2)cc1. The van der Waals surface area contributed by atoms with Gasteiger partial charge in [0.15, 0.2) is 8.68 Å². The van der Waals surface area contributed by atoms with E-state index in [9.17, 15) is 9.90 Å². The summed E-state index contributed by atoms with van der Waals surface area (Å²) in [5.74, 6) is 0.778. The molecule has 0 radical (unpaired) electrons. The molecule has 0 unspecified atom stereocenters. The molecular formula is C19H16Br2N4O2S3. The number of aromatic nitrogens is 2. The Hall–Kier alpha value is -1.40. The second-order valence-corrected chi connectivity index (χ2v) is 11.2.